The van der Waals surface area contributed by atoms with Gasteiger partial charge in [-0.25, -0.2) is 8.42 Å². The van der Waals surface area contributed by atoms with Gasteiger partial charge in [-0.05, 0) is 37.1 Å². The van der Waals surface area contributed by atoms with Crippen molar-refractivity contribution >= 4 is 27.3 Å². The van der Waals surface area contributed by atoms with Crippen LogP contribution in [0.15, 0.2) is 40.9 Å². The first-order chi connectivity index (χ1) is 11.1. The third-order valence-electron chi connectivity index (χ3n) is 3.66. The van der Waals surface area contributed by atoms with Crippen LogP contribution in [0, 0.1) is 0 Å². The van der Waals surface area contributed by atoms with Crippen molar-refractivity contribution in [2.75, 3.05) is 13.1 Å². The fraction of sp³-hybridized carbons (Fsp3) is 0.333. The molecular formula is C15H17N3O3S2. The third-order valence-corrected chi connectivity index (χ3v) is 7.11. The molecule has 0 unspecified atom stereocenters. The highest BCUT2D eigenvalue weighted by molar-refractivity contribution is 7.91. The lowest BCUT2D eigenvalue weighted by Gasteiger charge is -2.13. The van der Waals surface area contributed by atoms with Crippen LogP contribution in [0.4, 0.5) is 0 Å². The van der Waals surface area contributed by atoms with Gasteiger partial charge in [-0.3, -0.25) is 9.78 Å². The van der Waals surface area contributed by atoms with E-state index in [4.69, 9.17) is 0 Å². The number of pyridine rings is 1. The fourth-order valence-electron chi connectivity index (χ4n) is 2.42. The van der Waals surface area contributed by atoms with Crippen LogP contribution >= 0.6 is 11.3 Å². The van der Waals surface area contributed by atoms with Crippen LogP contribution in [0.1, 0.15) is 28.1 Å². The van der Waals surface area contributed by atoms with Gasteiger partial charge in [-0.1, -0.05) is 0 Å². The van der Waals surface area contributed by atoms with Crippen molar-refractivity contribution in [3.05, 3.63) is 47.1 Å². The van der Waals surface area contributed by atoms with Crippen LogP contribution in [0.3, 0.4) is 0 Å². The molecular weight excluding hydrogens is 334 g/mol. The number of aromatic nitrogens is 1. The topological polar surface area (TPSA) is 79.4 Å². The minimum Gasteiger partial charge on any atom is -0.347 e. The Morgan fingerprint density at radius 3 is 2.57 bits per heavy atom. The van der Waals surface area contributed by atoms with Gasteiger partial charge in [-0.15, -0.1) is 11.3 Å². The van der Waals surface area contributed by atoms with Gasteiger partial charge in [0.15, 0.2) is 0 Å². The molecule has 1 fully saturated rings. The average molecular weight is 351 g/mol. The summed E-state index contributed by atoms with van der Waals surface area (Å²) in [6, 6.07) is 6.63. The normalized spacial score (nSPS) is 15.7. The minimum absolute atomic E-state index is 0.204. The second kappa shape index (κ2) is 6.77. The highest BCUT2D eigenvalue weighted by Gasteiger charge is 2.28. The molecule has 0 aromatic carbocycles. The van der Waals surface area contributed by atoms with Crippen molar-refractivity contribution in [3.63, 3.8) is 0 Å². The first-order valence-electron chi connectivity index (χ1n) is 7.34. The van der Waals surface area contributed by atoms with Crippen molar-refractivity contribution in [1.82, 2.24) is 14.6 Å². The zero-order chi connectivity index (χ0) is 16.3. The smallest absolute Gasteiger partial charge is 0.252 e. The molecule has 1 aliphatic heterocycles. The van der Waals surface area contributed by atoms with E-state index in [0.29, 0.717) is 29.4 Å². The molecule has 1 saturated heterocycles. The standard InChI is InChI=1S/C15H17N3O3S2/c19-15(12-5-7-16-8-6-12)17-11-13-3-4-14(22-13)23(20,21)18-9-1-2-10-18/h3-8H,1-2,9-11H2,(H,17,19). The summed E-state index contributed by atoms with van der Waals surface area (Å²) in [7, 11) is -3.38. The summed E-state index contributed by atoms with van der Waals surface area (Å²) in [4.78, 5) is 16.6. The van der Waals surface area contributed by atoms with Gasteiger partial charge < -0.3 is 5.32 Å². The van der Waals surface area contributed by atoms with E-state index in [2.05, 4.69) is 10.3 Å². The summed E-state index contributed by atoms with van der Waals surface area (Å²) in [6.45, 7) is 1.49. The van der Waals surface area contributed by atoms with E-state index >= 15 is 0 Å². The maximum absolute atomic E-state index is 12.4. The van der Waals surface area contributed by atoms with Crippen molar-refractivity contribution in [1.29, 1.82) is 0 Å². The number of carbonyl (C=O) groups is 1. The zero-order valence-electron chi connectivity index (χ0n) is 12.4. The van der Waals surface area contributed by atoms with E-state index in [-0.39, 0.29) is 5.91 Å². The lowest BCUT2D eigenvalue weighted by Crippen LogP contribution is -2.27. The Morgan fingerprint density at radius 2 is 1.87 bits per heavy atom. The minimum atomic E-state index is -3.38. The second-order valence-electron chi connectivity index (χ2n) is 5.25. The quantitative estimate of drug-likeness (QED) is 0.892. The maximum Gasteiger partial charge on any atom is 0.252 e. The van der Waals surface area contributed by atoms with Gasteiger partial charge in [0.05, 0.1) is 6.54 Å². The van der Waals surface area contributed by atoms with Crippen molar-refractivity contribution in [2.24, 2.45) is 0 Å². The number of nitrogens with zero attached hydrogens (tertiary/aromatic N) is 2. The Kier molecular flexibility index (Phi) is 4.74. The summed E-state index contributed by atoms with van der Waals surface area (Å²) in [6.07, 6.45) is 4.94. The van der Waals surface area contributed by atoms with Crippen LogP contribution in [0.2, 0.25) is 0 Å². The molecule has 1 aliphatic rings. The first kappa shape index (κ1) is 16.1. The number of carbonyl (C=O) groups excluding carboxylic acids is 1. The van der Waals surface area contributed by atoms with Gasteiger partial charge >= 0.3 is 0 Å². The molecule has 1 N–H and O–H groups in total. The predicted octanol–water partition coefficient (Wildman–Crippen LogP) is 1.86. The average Bonchev–Trinajstić information content (AvgIpc) is 3.25. The first-order valence-corrected chi connectivity index (χ1v) is 9.60. The van der Waals surface area contributed by atoms with E-state index < -0.39 is 10.0 Å². The lowest BCUT2D eigenvalue weighted by molar-refractivity contribution is 0.0951. The molecule has 0 bridgehead atoms. The molecule has 3 heterocycles. The van der Waals surface area contributed by atoms with Crippen LogP contribution in [0.25, 0.3) is 0 Å². The Balaban J connectivity index is 1.65. The molecule has 2 aromatic heterocycles. The molecule has 122 valence electrons. The largest absolute Gasteiger partial charge is 0.347 e. The molecule has 0 atom stereocenters. The van der Waals surface area contributed by atoms with Crippen molar-refractivity contribution in [3.8, 4) is 0 Å². The Bertz CT molecular complexity index is 781. The Hall–Kier alpha value is -1.77. The summed E-state index contributed by atoms with van der Waals surface area (Å²) in [5, 5.41) is 2.78. The van der Waals surface area contributed by atoms with Crippen LogP contribution < -0.4 is 5.32 Å². The summed E-state index contributed by atoms with van der Waals surface area (Å²) < 4.78 is 26.8. The van der Waals surface area contributed by atoms with E-state index in [1.54, 1.807) is 36.7 Å². The van der Waals surface area contributed by atoms with E-state index in [1.165, 1.54) is 15.6 Å². The molecule has 23 heavy (non-hydrogen) atoms. The molecule has 3 rings (SSSR count). The maximum atomic E-state index is 12.4. The van der Waals surface area contributed by atoms with Crippen LogP contribution in [-0.4, -0.2) is 36.7 Å². The van der Waals surface area contributed by atoms with Crippen molar-refractivity contribution < 1.29 is 13.2 Å². The van der Waals surface area contributed by atoms with Gasteiger partial charge in [0.25, 0.3) is 15.9 Å². The van der Waals surface area contributed by atoms with Crippen molar-refractivity contribution in [2.45, 2.75) is 23.6 Å². The van der Waals surface area contributed by atoms with E-state index in [9.17, 15) is 13.2 Å². The molecule has 0 spiro atoms. The van der Waals surface area contributed by atoms with E-state index in [0.717, 1.165) is 17.7 Å². The molecule has 0 saturated carbocycles. The monoisotopic (exact) mass is 351 g/mol. The van der Waals surface area contributed by atoms with Gasteiger partial charge in [0.2, 0.25) is 0 Å². The third kappa shape index (κ3) is 3.60. The Labute approximate surface area is 139 Å². The number of thiophene rings is 1. The summed E-state index contributed by atoms with van der Waals surface area (Å²) >= 11 is 1.21. The Morgan fingerprint density at radius 1 is 1.17 bits per heavy atom. The molecule has 8 heteroatoms. The molecule has 2 aromatic rings. The molecule has 1 amide bonds. The lowest BCUT2D eigenvalue weighted by atomic mass is 10.2. The molecule has 0 aliphatic carbocycles. The zero-order valence-corrected chi connectivity index (χ0v) is 14.1. The van der Waals surface area contributed by atoms with Gasteiger partial charge in [0.1, 0.15) is 4.21 Å². The highest BCUT2D eigenvalue weighted by Crippen LogP contribution is 2.27. The number of hydrogen-bond donors (Lipinski definition) is 1. The number of sulfonamides is 1. The predicted molar refractivity (Wildman–Crippen MR) is 87.7 cm³/mol. The number of rotatable bonds is 5. The molecule has 0 radical (unpaired) electrons. The fourth-order valence-corrected chi connectivity index (χ4v) is 5.39. The number of amides is 1. The van der Waals surface area contributed by atoms with Gasteiger partial charge in [0, 0.05) is 35.9 Å². The number of hydrogen-bond acceptors (Lipinski definition) is 5. The second-order valence-corrected chi connectivity index (χ2v) is 8.58. The SMILES string of the molecule is O=C(NCc1ccc(S(=O)(=O)N2CCCC2)s1)c1ccncc1. The summed E-state index contributed by atoms with van der Waals surface area (Å²) in [5.41, 5.74) is 0.529. The number of nitrogens with one attached hydrogen (secondary N) is 1. The van der Waals surface area contributed by atoms with Gasteiger partial charge in [-0.2, -0.15) is 4.31 Å². The van der Waals surface area contributed by atoms with Crippen LogP contribution in [-0.2, 0) is 16.6 Å². The van der Waals surface area contributed by atoms with Crippen LogP contribution in [0.5, 0.6) is 0 Å². The van der Waals surface area contributed by atoms with E-state index in [1.807, 2.05) is 0 Å². The highest BCUT2D eigenvalue weighted by atomic mass is 32.2. The molecule has 6 nitrogen and oxygen atoms in total. The summed E-state index contributed by atoms with van der Waals surface area (Å²) in [5.74, 6) is -0.204.